The van der Waals surface area contributed by atoms with Crippen molar-refractivity contribution in [1.82, 2.24) is 10.6 Å². The number of urea groups is 1. The van der Waals surface area contributed by atoms with E-state index in [0.717, 1.165) is 0 Å². The highest BCUT2D eigenvalue weighted by atomic mass is 16.2. The van der Waals surface area contributed by atoms with Gasteiger partial charge >= 0.3 is 6.03 Å². The number of nitrogens with one attached hydrogen (secondary N) is 2. The molecular formula is C8H14N2O2. The predicted octanol–water partition coefficient (Wildman–Crippen LogP) is 0.487. The summed E-state index contributed by atoms with van der Waals surface area (Å²) in [6.45, 7) is 5.79. The lowest BCUT2D eigenvalue weighted by Gasteiger charge is -2.31. The molecule has 0 spiro atoms. The number of amides is 3. The van der Waals surface area contributed by atoms with Crippen molar-refractivity contribution >= 4 is 11.9 Å². The van der Waals surface area contributed by atoms with Gasteiger partial charge in [0.15, 0.2) is 0 Å². The second-order valence-electron chi connectivity index (χ2n) is 3.52. The zero-order valence-electron chi connectivity index (χ0n) is 7.55. The molecule has 2 N–H and O–H groups in total. The van der Waals surface area contributed by atoms with E-state index in [1.807, 2.05) is 20.8 Å². The summed E-state index contributed by atoms with van der Waals surface area (Å²) in [5.74, 6) is -0.0236. The molecule has 0 aliphatic carbocycles. The van der Waals surface area contributed by atoms with Gasteiger partial charge in [0.1, 0.15) is 0 Å². The fourth-order valence-electron chi connectivity index (χ4n) is 1.64. The van der Waals surface area contributed by atoms with E-state index in [9.17, 15) is 9.59 Å². The molecule has 68 valence electrons. The monoisotopic (exact) mass is 170 g/mol. The Morgan fingerprint density at radius 2 is 1.92 bits per heavy atom. The molecule has 0 aromatic rings. The zero-order chi connectivity index (χ0) is 9.30. The first-order valence-corrected chi connectivity index (χ1v) is 4.13. The average Bonchev–Trinajstić information content (AvgIpc) is 1.82. The topological polar surface area (TPSA) is 58.2 Å². The van der Waals surface area contributed by atoms with Crippen LogP contribution in [-0.4, -0.2) is 18.0 Å². The van der Waals surface area contributed by atoms with Crippen LogP contribution in [0.2, 0.25) is 0 Å². The Balaban J connectivity index is 2.73. The molecule has 1 aliphatic rings. The summed E-state index contributed by atoms with van der Waals surface area (Å²) in [5, 5.41) is 4.92. The predicted molar refractivity (Wildman–Crippen MR) is 44.5 cm³/mol. The van der Waals surface area contributed by atoms with Crippen LogP contribution >= 0.6 is 0 Å². The third-order valence-electron chi connectivity index (χ3n) is 2.16. The standard InChI is InChI=1S/C8H14N2O2/c1-4(2)6-5(3)9-8(12)10-7(6)11/h4-6H,1-3H3,(H2,9,10,11,12). The molecule has 0 aromatic heterocycles. The summed E-state index contributed by atoms with van der Waals surface area (Å²) in [4.78, 5) is 22.1. The lowest BCUT2D eigenvalue weighted by Crippen LogP contribution is -2.58. The van der Waals surface area contributed by atoms with Crippen molar-refractivity contribution in [2.45, 2.75) is 26.8 Å². The van der Waals surface area contributed by atoms with Crippen molar-refractivity contribution in [3.05, 3.63) is 0 Å². The van der Waals surface area contributed by atoms with Gasteiger partial charge in [0.2, 0.25) is 5.91 Å². The van der Waals surface area contributed by atoms with E-state index in [0.29, 0.717) is 0 Å². The van der Waals surface area contributed by atoms with Gasteiger partial charge in [-0.3, -0.25) is 10.1 Å². The molecule has 1 fully saturated rings. The van der Waals surface area contributed by atoms with Crippen LogP contribution in [0.1, 0.15) is 20.8 Å². The molecule has 0 aromatic carbocycles. The first-order valence-electron chi connectivity index (χ1n) is 4.13. The number of hydrogen-bond donors (Lipinski definition) is 2. The molecule has 4 heteroatoms. The normalized spacial score (nSPS) is 30.0. The molecule has 0 saturated carbocycles. The van der Waals surface area contributed by atoms with Crippen molar-refractivity contribution in [2.24, 2.45) is 11.8 Å². The molecular weight excluding hydrogens is 156 g/mol. The van der Waals surface area contributed by atoms with Gasteiger partial charge < -0.3 is 5.32 Å². The molecule has 0 radical (unpaired) electrons. The lowest BCUT2D eigenvalue weighted by atomic mass is 9.87. The molecule has 1 saturated heterocycles. The van der Waals surface area contributed by atoms with Crippen molar-refractivity contribution < 1.29 is 9.59 Å². The summed E-state index contributed by atoms with van der Waals surface area (Å²) in [5.41, 5.74) is 0. The first kappa shape index (κ1) is 9.03. The first-order chi connectivity index (χ1) is 5.52. The summed E-state index contributed by atoms with van der Waals surface area (Å²) >= 11 is 0. The number of imide groups is 1. The van der Waals surface area contributed by atoms with Crippen LogP contribution in [0.15, 0.2) is 0 Å². The van der Waals surface area contributed by atoms with Gasteiger partial charge in [0.05, 0.1) is 5.92 Å². The van der Waals surface area contributed by atoms with Crippen molar-refractivity contribution in [3.63, 3.8) is 0 Å². The van der Waals surface area contributed by atoms with E-state index in [1.165, 1.54) is 0 Å². The number of carbonyl (C=O) groups excluding carboxylic acids is 2. The van der Waals surface area contributed by atoms with Crippen LogP contribution in [0.5, 0.6) is 0 Å². The van der Waals surface area contributed by atoms with Gasteiger partial charge in [-0.15, -0.1) is 0 Å². The third-order valence-corrected chi connectivity index (χ3v) is 2.16. The van der Waals surface area contributed by atoms with Crippen LogP contribution in [0, 0.1) is 11.8 Å². The molecule has 2 unspecified atom stereocenters. The van der Waals surface area contributed by atoms with E-state index < -0.39 is 0 Å². The molecule has 2 atom stereocenters. The lowest BCUT2D eigenvalue weighted by molar-refractivity contribution is -0.127. The van der Waals surface area contributed by atoms with Gasteiger partial charge in [-0.1, -0.05) is 13.8 Å². The SMILES string of the molecule is CC(C)C1C(=O)NC(=O)NC1C. The molecule has 12 heavy (non-hydrogen) atoms. The Morgan fingerprint density at radius 1 is 1.33 bits per heavy atom. The Labute approximate surface area is 71.7 Å². The maximum absolute atomic E-state index is 11.3. The van der Waals surface area contributed by atoms with Crippen LogP contribution in [0.25, 0.3) is 0 Å². The molecule has 1 rings (SSSR count). The van der Waals surface area contributed by atoms with Gasteiger partial charge in [-0.2, -0.15) is 0 Å². The van der Waals surface area contributed by atoms with Crippen molar-refractivity contribution in [2.75, 3.05) is 0 Å². The average molecular weight is 170 g/mol. The van der Waals surface area contributed by atoms with Gasteiger partial charge in [-0.05, 0) is 12.8 Å². The summed E-state index contributed by atoms with van der Waals surface area (Å²) in [6.07, 6.45) is 0. The summed E-state index contributed by atoms with van der Waals surface area (Å²) in [7, 11) is 0. The minimum absolute atomic E-state index is 0.0637. The fourth-order valence-corrected chi connectivity index (χ4v) is 1.64. The Bertz CT molecular complexity index is 213. The van der Waals surface area contributed by atoms with E-state index in [1.54, 1.807) is 0 Å². The highest BCUT2D eigenvalue weighted by Gasteiger charge is 2.34. The van der Waals surface area contributed by atoms with Crippen molar-refractivity contribution in [3.8, 4) is 0 Å². The van der Waals surface area contributed by atoms with Gasteiger partial charge in [0, 0.05) is 6.04 Å². The fraction of sp³-hybridized carbons (Fsp3) is 0.750. The van der Waals surface area contributed by atoms with E-state index in [2.05, 4.69) is 10.6 Å². The largest absolute Gasteiger partial charge is 0.335 e. The smallest absolute Gasteiger partial charge is 0.321 e. The summed E-state index contributed by atoms with van der Waals surface area (Å²) in [6, 6.07) is -0.448. The van der Waals surface area contributed by atoms with Crippen LogP contribution in [0.4, 0.5) is 4.79 Å². The highest BCUT2D eigenvalue weighted by molar-refractivity contribution is 5.98. The van der Waals surface area contributed by atoms with E-state index in [-0.39, 0.29) is 29.8 Å². The number of carbonyl (C=O) groups is 2. The number of hydrogen-bond acceptors (Lipinski definition) is 2. The molecule has 0 bridgehead atoms. The molecule has 1 heterocycles. The Hall–Kier alpha value is -1.06. The number of rotatable bonds is 1. The highest BCUT2D eigenvalue weighted by Crippen LogP contribution is 2.17. The van der Waals surface area contributed by atoms with Crippen molar-refractivity contribution in [1.29, 1.82) is 0 Å². The molecule has 1 aliphatic heterocycles. The Morgan fingerprint density at radius 3 is 2.33 bits per heavy atom. The second-order valence-corrected chi connectivity index (χ2v) is 3.52. The maximum Gasteiger partial charge on any atom is 0.321 e. The van der Waals surface area contributed by atoms with Crippen LogP contribution in [0.3, 0.4) is 0 Å². The van der Waals surface area contributed by atoms with E-state index in [4.69, 9.17) is 0 Å². The van der Waals surface area contributed by atoms with Gasteiger partial charge in [0.25, 0.3) is 0 Å². The van der Waals surface area contributed by atoms with Gasteiger partial charge in [-0.25, -0.2) is 4.79 Å². The third kappa shape index (κ3) is 1.57. The van der Waals surface area contributed by atoms with Crippen LogP contribution < -0.4 is 10.6 Å². The minimum atomic E-state index is -0.385. The zero-order valence-corrected chi connectivity index (χ0v) is 7.55. The summed E-state index contributed by atoms with van der Waals surface area (Å²) < 4.78 is 0. The van der Waals surface area contributed by atoms with Crippen LogP contribution in [-0.2, 0) is 4.79 Å². The maximum atomic E-state index is 11.3. The minimum Gasteiger partial charge on any atom is -0.335 e. The molecule has 4 nitrogen and oxygen atoms in total. The van der Waals surface area contributed by atoms with E-state index >= 15 is 0 Å². The molecule has 3 amide bonds. The quantitative estimate of drug-likeness (QED) is 0.601. The second kappa shape index (κ2) is 3.13. The Kier molecular flexibility index (Phi) is 2.35.